The first-order valence-electron chi connectivity index (χ1n) is 3.62. The van der Waals surface area contributed by atoms with Crippen LogP contribution in [0.15, 0.2) is 16.9 Å². The van der Waals surface area contributed by atoms with Gasteiger partial charge in [-0.25, -0.2) is 14.3 Å². The number of fused-ring (bicyclic) bond motifs is 1. The number of halogens is 1. The molecule has 0 amide bonds. The van der Waals surface area contributed by atoms with Crippen LogP contribution in [0.4, 0.5) is 5.82 Å². The van der Waals surface area contributed by atoms with E-state index in [-0.39, 0.29) is 11.4 Å². The lowest BCUT2D eigenvalue weighted by Crippen LogP contribution is -2.07. The van der Waals surface area contributed by atoms with Crippen LogP contribution in [0.1, 0.15) is 10.4 Å². The SMILES string of the molecule is Nc1nc2c(Br)cnn2cc1C(=O)O. The van der Waals surface area contributed by atoms with Gasteiger partial charge in [-0.15, -0.1) is 0 Å². The van der Waals surface area contributed by atoms with Gasteiger partial charge in [0, 0.05) is 6.20 Å². The van der Waals surface area contributed by atoms with Gasteiger partial charge in [-0.2, -0.15) is 5.10 Å². The zero-order valence-electron chi connectivity index (χ0n) is 6.81. The van der Waals surface area contributed by atoms with Crippen molar-refractivity contribution < 1.29 is 9.90 Å². The van der Waals surface area contributed by atoms with E-state index < -0.39 is 5.97 Å². The minimum atomic E-state index is -1.12. The molecular formula is C7H5BrN4O2. The van der Waals surface area contributed by atoms with Crippen molar-refractivity contribution in [1.82, 2.24) is 14.6 Å². The highest BCUT2D eigenvalue weighted by molar-refractivity contribution is 9.10. The van der Waals surface area contributed by atoms with Gasteiger partial charge >= 0.3 is 5.97 Å². The molecule has 7 heteroatoms. The van der Waals surface area contributed by atoms with Crippen LogP contribution in [0.2, 0.25) is 0 Å². The normalized spacial score (nSPS) is 10.6. The molecule has 0 atom stereocenters. The van der Waals surface area contributed by atoms with E-state index in [9.17, 15) is 4.79 Å². The van der Waals surface area contributed by atoms with Crippen molar-refractivity contribution in [2.75, 3.05) is 5.73 Å². The van der Waals surface area contributed by atoms with Crippen molar-refractivity contribution in [2.45, 2.75) is 0 Å². The summed E-state index contributed by atoms with van der Waals surface area (Å²) >= 11 is 3.21. The molecule has 72 valence electrons. The molecule has 0 aliphatic rings. The second kappa shape index (κ2) is 2.95. The number of anilines is 1. The average molecular weight is 257 g/mol. The minimum Gasteiger partial charge on any atom is -0.477 e. The number of hydrogen-bond acceptors (Lipinski definition) is 4. The Bertz CT molecular complexity index is 522. The Balaban J connectivity index is 2.79. The van der Waals surface area contributed by atoms with E-state index in [1.54, 1.807) is 0 Å². The van der Waals surface area contributed by atoms with Crippen molar-refractivity contribution in [3.05, 3.63) is 22.4 Å². The molecular weight excluding hydrogens is 252 g/mol. The average Bonchev–Trinajstić information content (AvgIpc) is 2.46. The maximum atomic E-state index is 10.7. The molecule has 0 unspecified atom stereocenters. The maximum Gasteiger partial charge on any atom is 0.341 e. The fraction of sp³-hybridized carbons (Fsp3) is 0. The molecule has 14 heavy (non-hydrogen) atoms. The topological polar surface area (TPSA) is 93.5 Å². The zero-order chi connectivity index (χ0) is 10.3. The van der Waals surface area contributed by atoms with E-state index in [1.807, 2.05) is 0 Å². The first kappa shape index (κ1) is 8.95. The number of nitrogen functional groups attached to an aromatic ring is 1. The molecule has 0 spiro atoms. The number of hydrogen-bond donors (Lipinski definition) is 2. The molecule has 6 nitrogen and oxygen atoms in total. The highest BCUT2D eigenvalue weighted by Gasteiger charge is 2.12. The third-order valence-corrected chi connectivity index (χ3v) is 2.27. The lowest BCUT2D eigenvalue weighted by Gasteiger charge is -2.00. The Kier molecular flexibility index (Phi) is 1.88. The highest BCUT2D eigenvalue weighted by atomic mass is 79.9. The Morgan fingerprint density at radius 1 is 1.64 bits per heavy atom. The minimum absolute atomic E-state index is 0.0220. The van der Waals surface area contributed by atoms with Gasteiger partial charge in [0.2, 0.25) is 0 Å². The number of aromatic nitrogens is 3. The van der Waals surface area contributed by atoms with Gasteiger partial charge in [0.1, 0.15) is 11.4 Å². The summed E-state index contributed by atoms with van der Waals surface area (Å²) in [4.78, 5) is 14.6. The molecule has 2 aromatic heterocycles. The van der Waals surface area contributed by atoms with Crippen LogP contribution in [-0.2, 0) is 0 Å². The lowest BCUT2D eigenvalue weighted by molar-refractivity contribution is 0.0697. The number of carboxylic acid groups (broad SMARTS) is 1. The van der Waals surface area contributed by atoms with Gasteiger partial charge in [0.25, 0.3) is 0 Å². The van der Waals surface area contributed by atoms with Gasteiger partial charge in [-0.05, 0) is 15.9 Å². The molecule has 2 aromatic rings. The van der Waals surface area contributed by atoms with Crippen molar-refractivity contribution >= 4 is 33.4 Å². The van der Waals surface area contributed by atoms with Gasteiger partial charge < -0.3 is 10.8 Å². The molecule has 0 aliphatic carbocycles. The van der Waals surface area contributed by atoms with E-state index in [1.165, 1.54) is 16.9 Å². The van der Waals surface area contributed by atoms with Crippen LogP contribution in [0.5, 0.6) is 0 Å². The molecule has 2 heterocycles. The van der Waals surface area contributed by atoms with Gasteiger partial charge in [-0.1, -0.05) is 0 Å². The Labute approximate surface area is 86.5 Å². The number of nitrogens with zero attached hydrogens (tertiary/aromatic N) is 3. The van der Waals surface area contributed by atoms with Gasteiger partial charge in [-0.3, -0.25) is 0 Å². The number of rotatable bonds is 1. The van der Waals surface area contributed by atoms with Crippen molar-refractivity contribution in [2.24, 2.45) is 0 Å². The highest BCUT2D eigenvalue weighted by Crippen LogP contribution is 2.18. The van der Waals surface area contributed by atoms with E-state index in [4.69, 9.17) is 10.8 Å². The fourth-order valence-electron chi connectivity index (χ4n) is 1.06. The molecule has 3 N–H and O–H groups in total. The van der Waals surface area contributed by atoms with Crippen LogP contribution in [-0.4, -0.2) is 25.7 Å². The van der Waals surface area contributed by atoms with Crippen molar-refractivity contribution in [3.63, 3.8) is 0 Å². The quantitative estimate of drug-likeness (QED) is 0.786. The molecule has 0 aromatic carbocycles. The van der Waals surface area contributed by atoms with Crippen LogP contribution in [0.25, 0.3) is 5.65 Å². The summed E-state index contributed by atoms with van der Waals surface area (Å²) in [6.07, 6.45) is 2.85. The Morgan fingerprint density at radius 2 is 2.36 bits per heavy atom. The molecule has 2 rings (SSSR count). The summed E-state index contributed by atoms with van der Waals surface area (Å²) in [5.74, 6) is -1.14. The van der Waals surface area contributed by atoms with Crippen molar-refractivity contribution in [1.29, 1.82) is 0 Å². The number of carbonyl (C=O) groups is 1. The zero-order valence-corrected chi connectivity index (χ0v) is 8.39. The standard InChI is InChI=1S/C7H5BrN4O2/c8-4-1-10-12-2-3(7(13)14)5(9)11-6(4)12/h1-2H,(H2,9,11)(H,13,14). The fourth-order valence-corrected chi connectivity index (χ4v) is 1.42. The predicted molar refractivity (Wildman–Crippen MR) is 52.1 cm³/mol. The first-order chi connectivity index (χ1) is 6.59. The first-order valence-corrected chi connectivity index (χ1v) is 4.41. The summed E-state index contributed by atoms with van der Waals surface area (Å²) in [6, 6.07) is 0. The van der Waals surface area contributed by atoms with E-state index >= 15 is 0 Å². The predicted octanol–water partition coefficient (Wildman–Crippen LogP) is 0.772. The van der Waals surface area contributed by atoms with Gasteiger partial charge in [0.15, 0.2) is 5.65 Å². The van der Waals surface area contributed by atoms with Crippen LogP contribution in [0.3, 0.4) is 0 Å². The van der Waals surface area contributed by atoms with Crippen LogP contribution in [0, 0.1) is 0 Å². The van der Waals surface area contributed by atoms with E-state index in [0.717, 1.165) is 0 Å². The molecule has 0 fully saturated rings. The summed E-state index contributed by atoms with van der Waals surface area (Å²) < 4.78 is 2.02. The third kappa shape index (κ3) is 1.22. The number of carboxylic acids is 1. The molecule has 0 saturated carbocycles. The molecule has 0 aliphatic heterocycles. The number of nitrogens with two attached hydrogens (primary N) is 1. The summed E-state index contributed by atoms with van der Waals surface area (Å²) in [7, 11) is 0. The third-order valence-electron chi connectivity index (χ3n) is 1.71. The Morgan fingerprint density at radius 3 is 3.00 bits per heavy atom. The summed E-state index contributed by atoms with van der Waals surface area (Å²) in [5.41, 5.74) is 5.89. The van der Waals surface area contributed by atoms with Crippen LogP contribution < -0.4 is 5.73 Å². The molecule has 0 bridgehead atoms. The smallest absolute Gasteiger partial charge is 0.341 e. The second-order valence-electron chi connectivity index (χ2n) is 2.61. The molecule has 0 radical (unpaired) electrons. The van der Waals surface area contributed by atoms with Gasteiger partial charge in [0.05, 0.1) is 10.7 Å². The molecule has 0 saturated heterocycles. The van der Waals surface area contributed by atoms with Crippen molar-refractivity contribution in [3.8, 4) is 0 Å². The van der Waals surface area contributed by atoms with Crippen LogP contribution >= 0.6 is 15.9 Å². The lowest BCUT2D eigenvalue weighted by atomic mass is 10.3. The second-order valence-corrected chi connectivity index (χ2v) is 3.46. The van der Waals surface area contributed by atoms with E-state index in [2.05, 4.69) is 26.0 Å². The van der Waals surface area contributed by atoms with E-state index in [0.29, 0.717) is 10.1 Å². The largest absolute Gasteiger partial charge is 0.477 e. The maximum absolute atomic E-state index is 10.7. The monoisotopic (exact) mass is 256 g/mol. The summed E-state index contributed by atoms with van der Waals surface area (Å²) in [5, 5.41) is 12.6. The Hall–Kier alpha value is -1.63. The summed E-state index contributed by atoms with van der Waals surface area (Å²) in [6.45, 7) is 0. The number of aromatic carboxylic acids is 1.